The SMILES string of the molecule is CC1=C2c3ccc(C)c(C)c3CC23CCC(C3)C1=O.CC1=C2c3ccc(O)c(C)c3CC23CCC(C3)C1=O.Cc1ccc2c(c1C)CC13CCC(C1)C(=O)C=C23. The molecule has 0 saturated heterocycles. The molecule has 0 heterocycles. The van der Waals surface area contributed by atoms with Gasteiger partial charge in [0.05, 0.1) is 0 Å². The molecule has 0 aliphatic heterocycles. The zero-order chi connectivity index (χ0) is 39.2. The third-order valence-corrected chi connectivity index (χ3v) is 17.1. The summed E-state index contributed by atoms with van der Waals surface area (Å²) < 4.78 is 0. The maximum atomic E-state index is 12.4. The number of hydrogen-bond acceptors (Lipinski definition) is 4. The Kier molecular flexibility index (Phi) is 7.79. The minimum absolute atomic E-state index is 0.198. The third-order valence-electron chi connectivity index (χ3n) is 17.1. The fourth-order valence-corrected chi connectivity index (χ4v) is 13.8. The molecule has 4 heteroatoms. The minimum Gasteiger partial charge on any atom is -0.508 e. The van der Waals surface area contributed by atoms with Gasteiger partial charge in [0.1, 0.15) is 5.75 Å². The van der Waals surface area contributed by atoms with Gasteiger partial charge in [0.15, 0.2) is 17.3 Å². The first-order valence-electron chi connectivity index (χ1n) is 21.5. The highest BCUT2D eigenvalue weighted by atomic mass is 16.3. The first-order chi connectivity index (χ1) is 26.7. The number of allylic oxidation sites excluding steroid dienone is 6. The molecule has 3 spiro atoms. The lowest BCUT2D eigenvalue weighted by Crippen LogP contribution is -2.26. The Hall–Kier alpha value is -4.31. The number of hydrogen-bond donors (Lipinski definition) is 1. The second-order valence-corrected chi connectivity index (χ2v) is 19.7. The van der Waals surface area contributed by atoms with Crippen LogP contribution in [0.1, 0.15) is 133 Å². The van der Waals surface area contributed by atoms with E-state index in [2.05, 4.69) is 58.9 Å². The van der Waals surface area contributed by atoms with Crippen LogP contribution in [-0.4, -0.2) is 22.5 Å². The average molecular weight is 745 g/mol. The van der Waals surface area contributed by atoms with Crippen molar-refractivity contribution in [2.24, 2.45) is 34.0 Å². The zero-order valence-electron chi connectivity index (χ0n) is 34.4. The van der Waals surface area contributed by atoms with Gasteiger partial charge in [0.2, 0.25) is 0 Å². The van der Waals surface area contributed by atoms with Gasteiger partial charge >= 0.3 is 0 Å². The summed E-state index contributed by atoms with van der Waals surface area (Å²) in [5.74, 6) is 2.45. The molecule has 6 unspecified atom stereocenters. The highest BCUT2D eigenvalue weighted by molar-refractivity contribution is 6.09. The molecular weight excluding hydrogens is 689 g/mol. The van der Waals surface area contributed by atoms with E-state index in [1.54, 1.807) is 6.07 Å². The average Bonchev–Trinajstić information content (AvgIpc) is 4.03. The smallest absolute Gasteiger partial charge is 0.161 e. The van der Waals surface area contributed by atoms with Gasteiger partial charge in [-0.3, -0.25) is 14.4 Å². The highest BCUT2D eigenvalue weighted by Crippen LogP contribution is 2.64. The number of carbonyl (C=O) groups excluding carboxylic acids is 3. The Balaban J connectivity index is 0.000000103. The lowest BCUT2D eigenvalue weighted by atomic mass is 9.71. The van der Waals surface area contributed by atoms with Crippen molar-refractivity contribution < 1.29 is 19.5 Å². The number of Topliss-reactive ketones (excluding diaryl/α,β-unsaturated/α-hetero) is 2. The second kappa shape index (κ2) is 12.1. The van der Waals surface area contributed by atoms with Gasteiger partial charge in [-0.25, -0.2) is 0 Å². The monoisotopic (exact) mass is 744 g/mol. The second-order valence-electron chi connectivity index (χ2n) is 19.7. The third kappa shape index (κ3) is 4.80. The van der Waals surface area contributed by atoms with Crippen LogP contribution in [0.25, 0.3) is 16.7 Å². The molecule has 0 aromatic heterocycles. The van der Waals surface area contributed by atoms with Crippen molar-refractivity contribution in [3.8, 4) is 5.75 Å². The molecule has 9 aliphatic rings. The van der Waals surface area contributed by atoms with E-state index in [0.29, 0.717) is 45.8 Å². The van der Waals surface area contributed by atoms with Crippen LogP contribution in [0.15, 0.2) is 53.6 Å². The number of aromatic hydroxyl groups is 1. The maximum absolute atomic E-state index is 12.4. The zero-order valence-corrected chi connectivity index (χ0v) is 34.4. The fraction of sp³-hybridized carbons (Fsp3) is 0.481. The van der Waals surface area contributed by atoms with Crippen LogP contribution in [0.2, 0.25) is 0 Å². The van der Waals surface area contributed by atoms with Gasteiger partial charge in [-0.05, 0) is 227 Å². The van der Waals surface area contributed by atoms with Gasteiger partial charge in [-0.2, -0.15) is 0 Å². The van der Waals surface area contributed by atoms with Crippen LogP contribution < -0.4 is 0 Å². The number of phenolic OH excluding ortho intramolecular Hbond substituents is 1. The Labute approximate surface area is 332 Å². The molecule has 3 saturated carbocycles. The van der Waals surface area contributed by atoms with Crippen LogP contribution in [0, 0.1) is 68.6 Å². The number of ketones is 3. The molecule has 6 bridgehead atoms. The van der Waals surface area contributed by atoms with Crippen LogP contribution in [0.3, 0.4) is 0 Å². The van der Waals surface area contributed by atoms with Gasteiger partial charge < -0.3 is 5.11 Å². The predicted octanol–water partition coefficient (Wildman–Crippen LogP) is 11.0. The number of benzene rings is 3. The van der Waals surface area contributed by atoms with E-state index >= 15 is 0 Å². The van der Waals surface area contributed by atoms with Gasteiger partial charge in [0.25, 0.3) is 0 Å². The molecule has 288 valence electrons. The molecule has 0 radical (unpaired) electrons. The minimum atomic E-state index is 0.198. The summed E-state index contributed by atoms with van der Waals surface area (Å²) in [5, 5.41) is 9.92. The highest BCUT2D eigenvalue weighted by Gasteiger charge is 2.55. The summed E-state index contributed by atoms with van der Waals surface area (Å²) in [6.07, 6.45) is 15.4. The van der Waals surface area contributed by atoms with Crippen LogP contribution in [0.5, 0.6) is 5.75 Å². The van der Waals surface area contributed by atoms with Crippen molar-refractivity contribution in [2.75, 3.05) is 0 Å². The van der Waals surface area contributed by atoms with E-state index in [4.69, 9.17) is 0 Å². The summed E-state index contributed by atoms with van der Waals surface area (Å²) >= 11 is 0. The number of fused-ring (bicyclic) bond motifs is 9. The molecule has 3 fully saturated rings. The van der Waals surface area contributed by atoms with E-state index in [9.17, 15) is 19.5 Å². The quantitative estimate of drug-likeness (QED) is 0.249. The molecule has 0 amide bonds. The molecule has 3 aromatic rings. The number of aryl methyl sites for hydroxylation is 2. The molecule has 56 heavy (non-hydrogen) atoms. The van der Waals surface area contributed by atoms with E-state index in [1.165, 1.54) is 98.0 Å². The van der Waals surface area contributed by atoms with Gasteiger partial charge in [-0.1, -0.05) is 30.3 Å². The molecule has 3 aromatic carbocycles. The van der Waals surface area contributed by atoms with Crippen LogP contribution in [0.4, 0.5) is 0 Å². The molecule has 1 N–H and O–H groups in total. The van der Waals surface area contributed by atoms with E-state index in [-0.39, 0.29) is 11.3 Å². The number of phenols is 1. The maximum Gasteiger partial charge on any atom is 0.161 e. The summed E-state index contributed by atoms with van der Waals surface area (Å²) in [6, 6.07) is 12.7. The summed E-state index contributed by atoms with van der Waals surface area (Å²) in [4.78, 5) is 36.9. The van der Waals surface area contributed by atoms with Crippen molar-refractivity contribution >= 4 is 34.1 Å². The Morgan fingerprint density at radius 2 is 0.946 bits per heavy atom. The number of carbonyl (C=O) groups is 3. The van der Waals surface area contributed by atoms with E-state index < -0.39 is 0 Å². The first kappa shape index (κ1) is 36.1. The van der Waals surface area contributed by atoms with Gasteiger partial charge in [0, 0.05) is 34.0 Å². The molecule has 6 atom stereocenters. The van der Waals surface area contributed by atoms with Crippen molar-refractivity contribution in [2.45, 2.75) is 126 Å². The van der Waals surface area contributed by atoms with E-state index in [1.807, 2.05) is 26.0 Å². The normalized spacial score (nSPS) is 31.9. The topological polar surface area (TPSA) is 71.4 Å². The van der Waals surface area contributed by atoms with Crippen molar-refractivity contribution in [3.05, 3.63) is 115 Å². The van der Waals surface area contributed by atoms with Crippen molar-refractivity contribution in [1.82, 2.24) is 0 Å². The summed E-state index contributed by atoms with van der Waals surface area (Å²) in [5.41, 5.74) is 21.9. The van der Waals surface area contributed by atoms with Gasteiger partial charge in [-0.15, -0.1) is 0 Å². The van der Waals surface area contributed by atoms with Crippen molar-refractivity contribution in [1.29, 1.82) is 0 Å². The lowest BCUT2D eigenvalue weighted by molar-refractivity contribution is -0.120. The first-order valence-corrected chi connectivity index (χ1v) is 21.5. The summed E-state index contributed by atoms with van der Waals surface area (Å²) in [7, 11) is 0. The Bertz CT molecular complexity index is 2340. The van der Waals surface area contributed by atoms with Crippen LogP contribution >= 0.6 is 0 Å². The molecular formula is C52H56O4. The van der Waals surface area contributed by atoms with Crippen LogP contribution in [-0.2, 0) is 33.6 Å². The standard InChI is InChI=1S/C18H20O.C17H18O2.C17H18O/c1-10-4-5-14-15(11(10)2)9-18-7-6-13(8-18)17(19)12(3)16(14)18;1-9-13-8-17-6-5-11(7-17)16(19)10(2)15(17)12(13)3-4-14(9)18;1-10-3-4-13-14(11(10)2)9-17-6-5-12(8-17)16(18)7-15(13)17/h4-5,13H,6-9H2,1-3H3;3-4,11,18H,5-8H2,1-2H3;3-4,7,12H,5-6,8-9H2,1-2H3. The molecule has 12 rings (SSSR count). The summed E-state index contributed by atoms with van der Waals surface area (Å²) in [6.45, 7) is 14.9. The Morgan fingerprint density at radius 3 is 1.52 bits per heavy atom. The lowest BCUT2D eigenvalue weighted by Gasteiger charge is -2.31. The van der Waals surface area contributed by atoms with Crippen molar-refractivity contribution in [3.63, 3.8) is 0 Å². The Morgan fingerprint density at radius 1 is 0.518 bits per heavy atom. The fourth-order valence-electron chi connectivity index (χ4n) is 13.8. The largest absolute Gasteiger partial charge is 0.508 e. The molecule has 9 aliphatic carbocycles. The number of rotatable bonds is 0. The molecule has 4 nitrogen and oxygen atoms in total. The predicted molar refractivity (Wildman–Crippen MR) is 223 cm³/mol. The van der Waals surface area contributed by atoms with E-state index in [0.717, 1.165) is 68.1 Å².